The number of aliphatic hydroxyl groups excluding tert-OH is 6. The molecule has 1 unspecified atom stereocenters. The molecule has 0 aromatic carbocycles. The van der Waals surface area contributed by atoms with Gasteiger partial charge in [0.2, 0.25) is 0 Å². The summed E-state index contributed by atoms with van der Waals surface area (Å²) in [7, 11) is 0. The van der Waals surface area contributed by atoms with E-state index >= 15 is 0 Å². The highest BCUT2D eigenvalue weighted by Crippen LogP contribution is 2.28. The highest BCUT2D eigenvalue weighted by atomic mass is 16.7. The van der Waals surface area contributed by atoms with Crippen molar-refractivity contribution < 1.29 is 64.7 Å². The van der Waals surface area contributed by atoms with E-state index in [2.05, 4.69) is 4.74 Å². The van der Waals surface area contributed by atoms with Crippen LogP contribution < -0.4 is 0 Å². The quantitative estimate of drug-likeness (QED) is 0.232. The van der Waals surface area contributed by atoms with Gasteiger partial charge in [0.1, 0.15) is 36.6 Å². The monoisotopic (exact) mass is 370 g/mol. The SMILES string of the molecule is O=C(O)[C@@H]1O[C@@H](O[C@H]2[C@H](O)[C@H](O)C(O)O[C@H]2C(=O)O)[C@@H](O)[C@@H](O)[C@@H]1O. The standard InChI is InChI=1S/C12H18O13/c13-1-2(14)7(9(18)19)25-12(5(1)17)24-6-3(15)4(16)11(22)23-8(6)10(20)21/h1-8,11-17,22H,(H,18,19)(H,20,21)/t1-,2-,3+,4-,5-,6-,7+,8+,11?,12+/m0/s1. The lowest BCUT2D eigenvalue weighted by atomic mass is 9.96. The molecule has 144 valence electrons. The summed E-state index contributed by atoms with van der Waals surface area (Å²) in [5.74, 6) is -3.39. The zero-order valence-electron chi connectivity index (χ0n) is 12.4. The zero-order chi connectivity index (χ0) is 19.0. The molecule has 2 aliphatic rings. The topological polar surface area (TPSA) is 224 Å². The molecule has 0 aromatic rings. The third-order valence-corrected chi connectivity index (χ3v) is 3.91. The average molecular weight is 370 g/mol. The molecule has 25 heavy (non-hydrogen) atoms. The Bertz CT molecular complexity index is 511. The van der Waals surface area contributed by atoms with Crippen molar-refractivity contribution in [1.82, 2.24) is 0 Å². The van der Waals surface area contributed by atoms with Crippen molar-refractivity contribution in [1.29, 1.82) is 0 Å². The Morgan fingerprint density at radius 1 is 0.680 bits per heavy atom. The van der Waals surface area contributed by atoms with Crippen LogP contribution in [0.15, 0.2) is 0 Å². The predicted octanol–water partition coefficient (Wildman–Crippen LogP) is -5.21. The van der Waals surface area contributed by atoms with E-state index in [-0.39, 0.29) is 0 Å². The molecule has 2 heterocycles. The lowest BCUT2D eigenvalue weighted by Gasteiger charge is -2.44. The van der Waals surface area contributed by atoms with Crippen LogP contribution in [-0.4, -0.2) is 114 Å². The minimum absolute atomic E-state index is 1.70. The molecule has 0 amide bonds. The highest BCUT2D eigenvalue weighted by Gasteiger charge is 2.53. The molecule has 2 saturated heterocycles. The van der Waals surface area contributed by atoms with Gasteiger partial charge < -0.3 is 55.1 Å². The van der Waals surface area contributed by atoms with Gasteiger partial charge in [0.25, 0.3) is 0 Å². The van der Waals surface area contributed by atoms with Crippen molar-refractivity contribution in [3.63, 3.8) is 0 Å². The molecular formula is C12H18O13. The first-order chi connectivity index (χ1) is 11.6. The largest absolute Gasteiger partial charge is 0.479 e. The number of aliphatic carboxylic acids is 2. The highest BCUT2D eigenvalue weighted by molar-refractivity contribution is 5.74. The van der Waals surface area contributed by atoms with E-state index in [0.29, 0.717) is 0 Å². The maximum Gasteiger partial charge on any atom is 0.335 e. The van der Waals surface area contributed by atoms with Crippen LogP contribution in [0.25, 0.3) is 0 Å². The number of hydrogen-bond donors (Lipinski definition) is 8. The summed E-state index contributed by atoms with van der Waals surface area (Å²) < 4.78 is 14.4. The molecule has 0 radical (unpaired) electrons. The fraction of sp³-hybridized carbons (Fsp3) is 0.833. The second-order valence-electron chi connectivity index (χ2n) is 5.60. The summed E-state index contributed by atoms with van der Waals surface area (Å²) >= 11 is 0. The third kappa shape index (κ3) is 3.74. The molecule has 0 saturated carbocycles. The summed E-state index contributed by atoms with van der Waals surface area (Å²) in [6, 6.07) is 0. The maximum absolute atomic E-state index is 11.2. The van der Waals surface area contributed by atoms with Crippen molar-refractivity contribution in [2.75, 3.05) is 0 Å². The van der Waals surface area contributed by atoms with Gasteiger partial charge >= 0.3 is 11.9 Å². The van der Waals surface area contributed by atoms with Crippen molar-refractivity contribution in [2.45, 2.75) is 61.4 Å². The van der Waals surface area contributed by atoms with Crippen molar-refractivity contribution >= 4 is 11.9 Å². The van der Waals surface area contributed by atoms with Gasteiger partial charge in [-0.1, -0.05) is 0 Å². The van der Waals surface area contributed by atoms with Crippen molar-refractivity contribution in [2.24, 2.45) is 0 Å². The summed E-state index contributed by atoms with van der Waals surface area (Å²) in [5.41, 5.74) is 0. The van der Waals surface area contributed by atoms with Crippen molar-refractivity contribution in [3.05, 3.63) is 0 Å². The van der Waals surface area contributed by atoms with Gasteiger partial charge in [-0.25, -0.2) is 9.59 Å². The Kier molecular flexibility index (Phi) is 5.93. The molecule has 0 aromatic heterocycles. The molecule has 13 nitrogen and oxygen atoms in total. The first-order valence-corrected chi connectivity index (χ1v) is 7.06. The maximum atomic E-state index is 11.2. The van der Waals surface area contributed by atoms with E-state index in [0.717, 1.165) is 0 Å². The van der Waals surface area contributed by atoms with Crippen LogP contribution >= 0.6 is 0 Å². The van der Waals surface area contributed by atoms with Crippen LogP contribution in [0, 0.1) is 0 Å². The van der Waals surface area contributed by atoms with Crippen LogP contribution in [0.2, 0.25) is 0 Å². The van der Waals surface area contributed by atoms with E-state index < -0.39 is 73.4 Å². The van der Waals surface area contributed by atoms with E-state index in [1.165, 1.54) is 0 Å². The van der Waals surface area contributed by atoms with Gasteiger partial charge in [0, 0.05) is 0 Å². The summed E-state index contributed by atoms with van der Waals surface area (Å²) in [6.45, 7) is 0. The Morgan fingerprint density at radius 3 is 1.76 bits per heavy atom. The number of aliphatic hydroxyl groups is 6. The van der Waals surface area contributed by atoms with E-state index in [1.807, 2.05) is 0 Å². The number of rotatable bonds is 4. The smallest absolute Gasteiger partial charge is 0.335 e. The second-order valence-corrected chi connectivity index (χ2v) is 5.60. The Morgan fingerprint density at radius 2 is 1.24 bits per heavy atom. The fourth-order valence-electron chi connectivity index (χ4n) is 2.52. The molecular weight excluding hydrogens is 352 g/mol. The molecule has 0 spiro atoms. The lowest BCUT2D eigenvalue weighted by molar-refractivity contribution is -0.346. The number of carboxylic acid groups (broad SMARTS) is 2. The van der Waals surface area contributed by atoms with Gasteiger partial charge in [0.05, 0.1) is 0 Å². The van der Waals surface area contributed by atoms with Gasteiger partial charge in [0.15, 0.2) is 24.8 Å². The van der Waals surface area contributed by atoms with Crippen LogP contribution in [-0.2, 0) is 23.8 Å². The van der Waals surface area contributed by atoms with E-state index in [1.54, 1.807) is 0 Å². The Balaban J connectivity index is 2.22. The first kappa shape index (κ1) is 19.9. The van der Waals surface area contributed by atoms with E-state index in [4.69, 9.17) is 19.7 Å². The molecule has 2 fully saturated rings. The number of hydrogen-bond acceptors (Lipinski definition) is 11. The average Bonchev–Trinajstić information content (AvgIpc) is 2.54. The van der Waals surface area contributed by atoms with Gasteiger partial charge in [-0.3, -0.25) is 0 Å². The molecule has 10 atom stereocenters. The fourth-order valence-corrected chi connectivity index (χ4v) is 2.52. The molecule has 0 aliphatic carbocycles. The number of carboxylic acids is 2. The number of ether oxygens (including phenoxy) is 3. The Labute approximate surface area is 139 Å². The van der Waals surface area contributed by atoms with Crippen LogP contribution in [0.3, 0.4) is 0 Å². The van der Waals surface area contributed by atoms with Gasteiger partial charge in [-0.2, -0.15) is 0 Å². The summed E-state index contributed by atoms with van der Waals surface area (Å²) in [6.07, 6.45) is -19.9. The van der Waals surface area contributed by atoms with Gasteiger partial charge in [-0.05, 0) is 0 Å². The van der Waals surface area contributed by atoms with Crippen LogP contribution in [0.1, 0.15) is 0 Å². The zero-order valence-corrected chi connectivity index (χ0v) is 12.4. The Hall–Kier alpha value is -1.42. The summed E-state index contributed by atoms with van der Waals surface area (Å²) in [5, 5.41) is 75.9. The second kappa shape index (κ2) is 7.45. The molecule has 2 rings (SSSR count). The minimum atomic E-state index is -2.03. The minimum Gasteiger partial charge on any atom is -0.479 e. The molecule has 8 N–H and O–H groups in total. The van der Waals surface area contributed by atoms with Gasteiger partial charge in [-0.15, -0.1) is 0 Å². The van der Waals surface area contributed by atoms with Crippen LogP contribution in [0.4, 0.5) is 0 Å². The third-order valence-electron chi connectivity index (χ3n) is 3.91. The molecule has 2 aliphatic heterocycles. The van der Waals surface area contributed by atoms with E-state index in [9.17, 15) is 40.2 Å². The summed E-state index contributed by atoms with van der Waals surface area (Å²) in [4.78, 5) is 22.2. The lowest BCUT2D eigenvalue weighted by Crippen LogP contribution is -2.65. The molecule has 0 bridgehead atoms. The van der Waals surface area contributed by atoms with Crippen LogP contribution in [0.5, 0.6) is 0 Å². The predicted molar refractivity (Wildman–Crippen MR) is 69.7 cm³/mol. The van der Waals surface area contributed by atoms with Crippen molar-refractivity contribution in [3.8, 4) is 0 Å². The molecule has 13 heteroatoms. The normalized spacial score (nSPS) is 48.1. The first-order valence-electron chi connectivity index (χ1n) is 7.06. The number of carbonyl (C=O) groups is 2.